The number of amides is 1. The monoisotopic (exact) mass is 367 g/mol. The number of ether oxygens (including phenoxy) is 2. The van der Waals surface area contributed by atoms with E-state index < -0.39 is 6.10 Å². The summed E-state index contributed by atoms with van der Waals surface area (Å²) < 4.78 is 11.5. The number of piperazine rings is 1. The van der Waals surface area contributed by atoms with Crippen molar-refractivity contribution in [3.8, 4) is 11.5 Å². The summed E-state index contributed by atoms with van der Waals surface area (Å²) in [6, 6.07) is 15.4. The molecule has 0 radical (unpaired) electrons. The van der Waals surface area contributed by atoms with Crippen molar-refractivity contribution in [2.45, 2.75) is 13.0 Å². The Morgan fingerprint density at radius 1 is 1.04 bits per heavy atom. The Morgan fingerprint density at radius 3 is 2.52 bits per heavy atom. The second-order valence-corrected chi connectivity index (χ2v) is 6.79. The number of para-hydroxylation sites is 4. The molecule has 2 aliphatic heterocycles. The van der Waals surface area contributed by atoms with Crippen molar-refractivity contribution < 1.29 is 14.3 Å². The summed E-state index contributed by atoms with van der Waals surface area (Å²) in [6.07, 6.45) is -0.662. The molecule has 6 nitrogen and oxygen atoms in total. The molecule has 1 atom stereocenters. The molecule has 1 N–H and O–H groups in total. The molecule has 1 saturated heterocycles. The van der Waals surface area contributed by atoms with Crippen LogP contribution >= 0.6 is 0 Å². The Bertz CT molecular complexity index is 803. The normalized spacial score (nSPS) is 19.6. The van der Waals surface area contributed by atoms with Crippen molar-refractivity contribution in [2.24, 2.45) is 0 Å². The highest BCUT2D eigenvalue weighted by Crippen LogP contribution is 2.32. The van der Waals surface area contributed by atoms with E-state index >= 15 is 0 Å². The average molecular weight is 367 g/mol. The van der Waals surface area contributed by atoms with Crippen LogP contribution in [0.4, 0.5) is 11.4 Å². The van der Waals surface area contributed by atoms with E-state index in [9.17, 15) is 4.79 Å². The summed E-state index contributed by atoms with van der Waals surface area (Å²) in [5, 5.41) is 3.03. The van der Waals surface area contributed by atoms with Crippen molar-refractivity contribution in [3.63, 3.8) is 0 Å². The summed E-state index contributed by atoms with van der Waals surface area (Å²) in [5.41, 5.74) is 1.87. The lowest BCUT2D eigenvalue weighted by atomic mass is 10.2. The zero-order chi connectivity index (χ0) is 18.6. The van der Waals surface area contributed by atoms with Crippen molar-refractivity contribution in [2.75, 3.05) is 49.5 Å². The number of rotatable bonds is 4. The number of benzene rings is 2. The maximum Gasteiger partial charge on any atom is 0.269 e. The van der Waals surface area contributed by atoms with Gasteiger partial charge in [-0.15, -0.1) is 0 Å². The van der Waals surface area contributed by atoms with E-state index in [1.807, 2.05) is 42.5 Å². The predicted octanol–water partition coefficient (Wildman–Crippen LogP) is 2.61. The van der Waals surface area contributed by atoms with Crippen molar-refractivity contribution in [1.82, 2.24) is 4.90 Å². The molecule has 1 fully saturated rings. The van der Waals surface area contributed by atoms with E-state index in [1.54, 1.807) is 0 Å². The molecule has 0 bridgehead atoms. The van der Waals surface area contributed by atoms with Gasteiger partial charge in [0, 0.05) is 26.2 Å². The van der Waals surface area contributed by atoms with E-state index in [1.165, 1.54) is 0 Å². The number of hydrogen-bond donors (Lipinski definition) is 1. The van der Waals surface area contributed by atoms with Crippen molar-refractivity contribution in [1.29, 1.82) is 0 Å². The predicted molar refractivity (Wildman–Crippen MR) is 106 cm³/mol. The quantitative estimate of drug-likeness (QED) is 0.900. The standard InChI is InChI=1S/C21H25N3O3/c1-2-23-11-13-24(14-12-23)17-8-4-3-7-16(17)22-21(25)20-15-26-18-9-5-6-10-19(18)27-20/h3-10,20H,2,11-15H2,1H3,(H,22,25). The second kappa shape index (κ2) is 7.88. The van der Waals surface area contributed by atoms with Gasteiger partial charge in [0.25, 0.3) is 5.91 Å². The van der Waals surface area contributed by atoms with Gasteiger partial charge in [0.2, 0.25) is 6.10 Å². The third-order valence-corrected chi connectivity index (χ3v) is 5.12. The zero-order valence-corrected chi connectivity index (χ0v) is 15.6. The first-order chi connectivity index (χ1) is 13.2. The Hall–Kier alpha value is -2.73. The summed E-state index contributed by atoms with van der Waals surface area (Å²) in [7, 11) is 0. The Balaban J connectivity index is 1.45. The van der Waals surface area contributed by atoms with Gasteiger partial charge in [0.15, 0.2) is 11.5 Å². The topological polar surface area (TPSA) is 54.0 Å². The first kappa shape index (κ1) is 17.7. The zero-order valence-electron chi connectivity index (χ0n) is 15.6. The molecule has 2 aliphatic rings. The van der Waals surface area contributed by atoms with Gasteiger partial charge in [-0.25, -0.2) is 0 Å². The third-order valence-electron chi connectivity index (χ3n) is 5.12. The van der Waals surface area contributed by atoms with Crippen LogP contribution in [-0.2, 0) is 4.79 Å². The number of fused-ring (bicyclic) bond motifs is 1. The van der Waals surface area contributed by atoms with Crippen molar-refractivity contribution in [3.05, 3.63) is 48.5 Å². The molecule has 4 rings (SSSR count). The number of carbonyl (C=O) groups is 1. The van der Waals surface area contributed by atoms with Crippen LogP contribution in [0.1, 0.15) is 6.92 Å². The van der Waals surface area contributed by atoms with Crippen LogP contribution in [0.2, 0.25) is 0 Å². The molecule has 6 heteroatoms. The molecule has 2 aromatic rings. The Kier molecular flexibility index (Phi) is 5.16. The highest BCUT2D eigenvalue weighted by molar-refractivity contribution is 5.97. The molecule has 0 saturated carbocycles. The SMILES string of the molecule is CCN1CCN(c2ccccc2NC(=O)C2COc3ccccc3O2)CC1. The first-order valence-electron chi connectivity index (χ1n) is 9.50. The first-order valence-corrected chi connectivity index (χ1v) is 9.50. The Labute approximate surface area is 159 Å². The lowest BCUT2D eigenvalue weighted by molar-refractivity contribution is -0.125. The maximum absolute atomic E-state index is 12.8. The highest BCUT2D eigenvalue weighted by atomic mass is 16.6. The van der Waals surface area contributed by atoms with Gasteiger partial charge in [0.05, 0.1) is 11.4 Å². The van der Waals surface area contributed by atoms with Gasteiger partial charge in [0.1, 0.15) is 6.61 Å². The molecule has 2 aromatic carbocycles. The van der Waals surface area contributed by atoms with E-state index in [2.05, 4.69) is 28.1 Å². The summed E-state index contributed by atoms with van der Waals surface area (Å²) >= 11 is 0. The van der Waals surface area contributed by atoms with Crippen molar-refractivity contribution >= 4 is 17.3 Å². The minimum absolute atomic E-state index is 0.191. The molecule has 0 aliphatic carbocycles. The summed E-state index contributed by atoms with van der Waals surface area (Å²) in [6.45, 7) is 7.46. The van der Waals surface area contributed by atoms with Crippen LogP contribution in [0.5, 0.6) is 11.5 Å². The van der Waals surface area contributed by atoms with Crippen LogP contribution in [0.3, 0.4) is 0 Å². The van der Waals surface area contributed by atoms with Crippen LogP contribution < -0.4 is 19.7 Å². The summed E-state index contributed by atoms with van der Waals surface area (Å²) in [4.78, 5) is 17.5. The second-order valence-electron chi connectivity index (χ2n) is 6.79. The Morgan fingerprint density at radius 2 is 1.74 bits per heavy atom. The third kappa shape index (κ3) is 3.85. The molecule has 1 amide bonds. The van der Waals surface area contributed by atoms with Gasteiger partial charge in [-0.2, -0.15) is 0 Å². The lowest BCUT2D eigenvalue weighted by Crippen LogP contribution is -2.46. The van der Waals surface area contributed by atoms with E-state index in [4.69, 9.17) is 9.47 Å². The average Bonchev–Trinajstić information content (AvgIpc) is 2.74. The van der Waals surface area contributed by atoms with Gasteiger partial charge >= 0.3 is 0 Å². The van der Waals surface area contributed by atoms with Gasteiger partial charge in [-0.1, -0.05) is 31.2 Å². The minimum Gasteiger partial charge on any atom is -0.485 e. The van der Waals surface area contributed by atoms with Gasteiger partial charge in [-0.3, -0.25) is 4.79 Å². The lowest BCUT2D eigenvalue weighted by Gasteiger charge is -2.36. The van der Waals surface area contributed by atoms with E-state index in [-0.39, 0.29) is 12.5 Å². The number of likely N-dealkylation sites (N-methyl/N-ethyl adjacent to an activating group) is 1. The fourth-order valence-corrected chi connectivity index (χ4v) is 3.52. The molecule has 0 aromatic heterocycles. The fourth-order valence-electron chi connectivity index (χ4n) is 3.52. The van der Waals surface area contributed by atoms with E-state index in [0.29, 0.717) is 11.5 Å². The number of anilines is 2. The van der Waals surface area contributed by atoms with E-state index in [0.717, 1.165) is 44.1 Å². The molecular weight excluding hydrogens is 342 g/mol. The molecule has 2 heterocycles. The minimum atomic E-state index is -0.662. The number of nitrogens with zero attached hydrogens (tertiary/aromatic N) is 2. The smallest absolute Gasteiger partial charge is 0.269 e. The molecule has 27 heavy (non-hydrogen) atoms. The van der Waals surface area contributed by atoms with Gasteiger partial charge in [-0.05, 0) is 30.8 Å². The largest absolute Gasteiger partial charge is 0.485 e. The highest BCUT2D eigenvalue weighted by Gasteiger charge is 2.28. The number of nitrogens with one attached hydrogen (secondary N) is 1. The summed E-state index contributed by atoms with van der Waals surface area (Å²) in [5.74, 6) is 1.09. The van der Waals surface area contributed by atoms with Crippen LogP contribution in [0.25, 0.3) is 0 Å². The fraction of sp³-hybridized carbons (Fsp3) is 0.381. The maximum atomic E-state index is 12.8. The molecular formula is C21H25N3O3. The van der Waals surface area contributed by atoms with Gasteiger partial charge < -0.3 is 24.6 Å². The molecule has 1 unspecified atom stereocenters. The molecule has 142 valence electrons. The van der Waals surface area contributed by atoms with Crippen LogP contribution in [0, 0.1) is 0 Å². The number of hydrogen-bond acceptors (Lipinski definition) is 5. The number of carbonyl (C=O) groups excluding carboxylic acids is 1. The molecule has 0 spiro atoms. The van der Waals surface area contributed by atoms with Crippen LogP contribution in [-0.4, -0.2) is 56.2 Å². The van der Waals surface area contributed by atoms with Crippen LogP contribution in [0.15, 0.2) is 48.5 Å².